The average Bonchev–Trinajstić information content (AvgIpc) is 2.26. The van der Waals surface area contributed by atoms with E-state index in [1.807, 2.05) is 0 Å². The van der Waals surface area contributed by atoms with Gasteiger partial charge in [0, 0.05) is 5.56 Å². The molecule has 0 aliphatic carbocycles. The van der Waals surface area contributed by atoms with Crippen molar-refractivity contribution in [2.24, 2.45) is 5.73 Å². The molecule has 0 aliphatic heterocycles. The molecule has 0 heterocycles. The Kier molecular flexibility index (Phi) is 4.41. The van der Waals surface area contributed by atoms with Gasteiger partial charge < -0.3 is 15.6 Å². The largest absolute Gasteiger partial charge is 0.480 e. The van der Waals surface area contributed by atoms with Crippen LogP contribution in [0.2, 0.25) is 0 Å². The fraction of sp³-hybridized carbons (Fsp3) is 0.200. The molecular weight excluding hydrogens is 231 g/mol. The number of urea groups is 1. The van der Waals surface area contributed by atoms with Gasteiger partial charge in [0.15, 0.2) is 18.2 Å². The number of aliphatic hydroxyl groups is 1. The maximum Gasteiger partial charge on any atom is 0.318 e. The van der Waals surface area contributed by atoms with Crippen LogP contribution in [0.15, 0.2) is 18.2 Å². The van der Waals surface area contributed by atoms with Gasteiger partial charge in [-0.2, -0.15) is 0 Å². The molecule has 0 saturated carbocycles. The molecule has 7 heteroatoms. The highest BCUT2D eigenvalue weighted by Crippen LogP contribution is 2.22. The summed E-state index contributed by atoms with van der Waals surface area (Å²) < 4.78 is 18.2. The molecule has 0 atom stereocenters. The third kappa shape index (κ3) is 3.72. The molecule has 17 heavy (non-hydrogen) atoms. The van der Waals surface area contributed by atoms with Gasteiger partial charge >= 0.3 is 6.03 Å². The van der Waals surface area contributed by atoms with Crippen LogP contribution in [-0.2, 0) is 11.4 Å². The van der Waals surface area contributed by atoms with E-state index in [2.05, 4.69) is 0 Å². The quantitative estimate of drug-likeness (QED) is 0.685. The Morgan fingerprint density at radius 1 is 1.47 bits per heavy atom. The Bertz CT molecular complexity index is 436. The van der Waals surface area contributed by atoms with Crippen LogP contribution in [0.3, 0.4) is 0 Å². The molecule has 0 bridgehead atoms. The van der Waals surface area contributed by atoms with Gasteiger partial charge in [0.25, 0.3) is 5.91 Å². The van der Waals surface area contributed by atoms with Gasteiger partial charge in [0.05, 0.1) is 6.61 Å². The first-order chi connectivity index (χ1) is 8.04. The number of nitrogens with one attached hydrogen (secondary N) is 1. The first-order valence-electron chi connectivity index (χ1n) is 4.65. The smallest absolute Gasteiger partial charge is 0.318 e. The summed E-state index contributed by atoms with van der Waals surface area (Å²) in [4.78, 5) is 21.3. The maximum atomic E-state index is 13.3. The summed E-state index contributed by atoms with van der Waals surface area (Å²) in [6.07, 6.45) is 0. The van der Waals surface area contributed by atoms with Crippen molar-refractivity contribution in [1.29, 1.82) is 0 Å². The van der Waals surface area contributed by atoms with Crippen LogP contribution >= 0.6 is 0 Å². The Morgan fingerprint density at radius 2 is 2.18 bits per heavy atom. The molecule has 6 nitrogen and oxygen atoms in total. The van der Waals surface area contributed by atoms with Gasteiger partial charge in [0.1, 0.15) is 0 Å². The number of carbonyl (C=O) groups excluding carboxylic acids is 2. The molecule has 92 valence electrons. The van der Waals surface area contributed by atoms with Crippen molar-refractivity contribution in [2.75, 3.05) is 6.61 Å². The number of halogens is 1. The molecule has 0 spiro atoms. The number of imide groups is 1. The molecule has 0 radical (unpaired) electrons. The molecule has 1 aromatic rings. The molecule has 0 unspecified atom stereocenters. The zero-order valence-corrected chi connectivity index (χ0v) is 8.77. The van der Waals surface area contributed by atoms with Crippen LogP contribution in [-0.4, -0.2) is 23.7 Å². The summed E-state index contributed by atoms with van der Waals surface area (Å²) in [5.74, 6) is -1.73. The molecule has 4 N–H and O–H groups in total. The Balaban J connectivity index is 2.68. The van der Waals surface area contributed by atoms with Crippen molar-refractivity contribution in [3.05, 3.63) is 29.6 Å². The van der Waals surface area contributed by atoms with Gasteiger partial charge in [-0.3, -0.25) is 10.1 Å². The lowest BCUT2D eigenvalue weighted by atomic mass is 10.2. The zero-order chi connectivity index (χ0) is 12.8. The number of para-hydroxylation sites is 1. The average molecular weight is 242 g/mol. The normalized spacial score (nSPS) is 9.76. The molecule has 1 rings (SSSR count). The Morgan fingerprint density at radius 3 is 2.76 bits per heavy atom. The standard InChI is InChI=1S/C10H11FN2O4/c11-7-3-1-2-6(4-14)9(7)17-5-8(15)13-10(12)16/h1-3,14H,4-5H2,(H3,12,13,15,16). The second-order valence-corrected chi connectivity index (χ2v) is 3.09. The highest BCUT2D eigenvalue weighted by atomic mass is 19.1. The maximum absolute atomic E-state index is 13.3. The van der Waals surface area contributed by atoms with Crippen LogP contribution in [0.1, 0.15) is 5.56 Å². The number of aliphatic hydroxyl groups excluding tert-OH is 1. The van der Waals surface area contributed by atoms with E-state index in [9.17, 15) is 14.0 Å². The number of hydrogen-bond acceptors (Lipinski definition) is 4. The molecule has 0 fully saturated rings. The number of ether oxygens (including phenoxy) is 1. The summed E-state index contributed by atoms with van der Waals surface area (Å²) in [5, 5.41) is 10.7. The Labute approximate surface area is 96.2 Å². The lowest BCUT2D eigenvalue weighted by molar-refractivity contribution is -0.122. The summed E-state index contributed by atoms with van der Waals surface area (Å²) in [7, 11) is 0. The van der Waals surface area contributed by atoms with Crippen molar-refractivity contribution in [3.63, 3.8) is 0 Å². The second-order valence-electron chi connectivity index (χ2n) is 3.09. The second kappa shape index (κ2) is 5.80. The topological polar surface area (TPSA) is 102 Å². The molecule has 0 saturated heterocycles. The van der Waals surface area contributed by atoms with E-state index >= 15 is 0 Å². The third-order valence-corrected chi connectivity index (χ3v) is 1.83. The number of nitrogens with two attached hydrogens (primary N) is 1. The van der Waals surface area contributed by atoms with Crippen LogP contribution in [0.25, 0.3) is 0 Å². The van der Waals surface area contributed by atoms with Crippen LogP contribution in [0.4, 0.5) is 9.18 Å². The van der Waals surface area contributed by atoms with Crippen LogP contribution in [0.5, 0.6) is 5.75 Å². The minimum absolute atomic E-state index is 0.205. The first-order valence-corrected chi connectivity index (χ1v) is 4.65. The van der Waals surface area contributed by atoms with E-state index in [1.165, 1.54) is 12.1 Å². The highest BCUT2D eigenvalue weighted by molar-refractivity contribution is 5.94. The lowest BCUT2D eigenvalue weighted by Crippen LogP contribution is -2.38. The predicted molar refractivity (Wildman–Crippen MR) is 55.5 cm³/mol. The van der Waals surface area contributed by atoms with Crippen molar-refractivity contribution in [3.8, 4) is 5.75 Å². The van der Waals surface area contributed by atoms with Crippen LogP contribution in [0, 0.1) is 5.82 Å². The van der Waals surface area contributed by atoms with E-state index in [-0.39, 0.29) is 11.3 Å². The van der Waals surface area contributed by atoms with E-state index in [0.29, 0.717) is 0 Å². The SMILES string of the molecule is NC(=O)NC(=O)COc1c(F)cccc1CO. The predicted octanol–water partition coefficient (Wildman–Crippen LogP) is -0.108. The van der Waals surface area contributed by atoms with E-state index in [4.69, 9.17) is 15.6 Å². The first kappa shape index (κ1) is 12.9. The molecule has 3 amide bonds. The van der Waals surface area contributed by atoms with Gasteiger partial charge in [-0.1, -0.05) is 12.1 Å². The fourth-order valence-corrected chi connectivity index (χ4v) is 1.15. The van der Waals surface area contributed by atoms with Gasteiger partial charge in [-0.05, 0) is 6.07 Å². The van der Waals surface area contributed by atoms with Gasteiger partial charge in [-0.15, -0.1) is 0 Å². The van der Waals surface area contributed by atoms with E-state index in [0.717, 1.165) is 6.07 Å². The molecular formula is C10H11FN2O4. The van der Waals surface area contributed by atoms with Crippen molar-refractivity contribution in [1.82, 2.24) is 5.32 Å². The van der Waals surface area contributed by atoms with Crippen molar-refractivity contribution in [2.45, 2.75) is 6.61 Å². The fourth-order valence-electron chi connectivity index (χ4n) is 1.15. The lowest BCUT2D eigenvalue weighted by Gasteiger charge is -2.10. The zero-order valence-electron chi connectivity index (χ0n) is 8.77. The van der Waals surface area contributed by atoms with Gasteiger partial charge in [0.2, 0.25) is 0 Å². The number of hydrogen-bond donors (Lipinski definition) is 3. The summed E-state index contributed by atoms with van der Waals surface area (Å²) >= 11 is 0. The number of rotatable bonds is 4. The molecule has 1 aromatic carbocycles. The van der Waals surface area contributed by atoms with E-state index < -0.39 is 31.0 Å². The Hall–Kier alpha value is -2.15. The van der Waals surface area contributed by atoms with E-state index in [1.54, 1.807) is 5.32 Å². The number of carbonyl (C=O) groups is 2. The van der Waals surface area contributed by atoms with Crippen molar-refractivity contribution < 1.29 is 23.8 Å². The number of benzene rings is 1. The third-order valence-electron chi connectivity index (χ3n) is 1.83. The number of primary amides is 1. The summed E-state index contributed by atoms with van der Waals surface area (Å²) in [6, 6.07) is 2.96. The van der Waals surface area contributed by atoms with Crippen molar-refractivity contribution >= 4 is 11.9 Å². The minimum Gasteiger partial charge on any atom is -0.480 e. The molecule has 0 aromatic heterocycles. The molecule has 0 aliphatic rings. The number of amides is 3. The summed E-state index contributed by atoms with van der Waals surface area (Å²) in [5.41, 5.74) is 4.91. The highest BCUT2D eigenvalue weighted by Gasteiger charge is 2.11. The summed E-state index contributed by atoms with van der Waals surface area (Å²) in [6.45, 7) is -0.999. The minimum atomic E-state index is -1.02. The monoisotopic (exact) mass is 242 g/mol. The van der Waals surface area contributed by atoms with Gasteiger partial charge in [-0.25, -0.2) is 9.18 Å². The van der Waals surface area contributed by atoms with Crippen LogP contribution < -0.4 is 15.8 Å².